The van der Waals surface area contributed by atoms with Crippen molar-refractivity contribution in [3.05, 3.63) is 29.4 Å². The van der Waals surface area contributed by atoms with Gasteiger partial charge in [0.25, 0.3) is 0 Å². The topological polar surface area (TPSA) is 55.6 Å². The summed E-state index contributed by atoms with van der Waals surface area (Å²) >= 11 is 3.27. The molecule has 0 aromatic carbocycles. The van der Waals surface area contributed by atoms with Crippen LogP contribution in [0.4, 0.5) is 11.8 Å². The number of rotatable bonds is 2. The Morgan fingerprint density at radius 3 is 2.57 bits per heavy atom. The summed E-state index contributed by atoms with van der Waals surface area (Å²) in [6, 6.07) is 0. The number of nitrogens with zero attached hydrogens (tertiary/aromatic N) is 4. The SMILES string of the molecule is Cn1cncc1Nc1ncc(Br)cn1. The van der Waals surface area contributed by atoms with Crippen LogP contribution in [0, 0.1) is 0 Å². The van der Waals surface area contributed by atoms with E-state index in [4.69, 9.17) is 0 Å². The fourth-order valence-electron chi connectivity index (χ4n) is 0.969. The second kappa shape index (κ2) is 3.75. The van der Waals surface area contributed by atoms with E-state index in [1.807, 2.05) is 11.6 Å². The molecule has 0 atom stereocenters. The number of nitrogens with one attached hydrogen (secondary N) is 1. The number of imidazole rings is 1. The van der Waals surface area contributed by atoms with E-state index in [1.54, 1.807) is 24.9 Å². The third-order valence-corrected chi connectivity index (χ3v) is 2.09. The van der Waals surface area contributed by atoms with E-state index in [0.717, 1.165) is 10.3 Å². The Labute approximate surface area is 89.3 Å². The van der Waals surface area contributed by atoms with Crippen LogP contribution in [-0.2, 0) is 7.05 Å². The van der Waals surface area contributed by atoms with E-state index in [9.17, 15) is 0 Å². The fraction of sp³-hybridized carbons (Fsp3) is 0.125. The number of anilines is 2. The first kappa shape index (κ1) is 9.14. The first-order chi connectivity index (χ1) is 6.75. The van der Waals surface area contributed by atoms with Crippen LogP contribution in [0.15, 0.2) is 29.4 Å². The molecule has 2 rings (SSSR count). The minimum atomic E-state index is 0.553. The summed E-state index contributed by atoms with van der Waals surface area (Å²) in [5.74, 6) is 1.41. The van der Waals surface area contributed by atoms with Crippen LogP contribution < -0.4 is 5.32 Å². The molecular formula is C8H8BrN5. The lowest BCUT2D eigenvalue weighted by Gasteiger charge is -2.03. The molecule has 0 aliphatic rings. The molecule has 1 N–H and O–H groups in total. The van der Waals surface area contributed by atoms with Crippen molar-refractivity contribution >= 4 is 27.7 Å². The molecule has 0 radical (unpaired) electrons. The van der Waals surface area contributed by atoms with Gasteiger partial charge in [-0.3, -0.25) is 0 Å². The van der Waals surface area contributed by atoms with Gasteiger partial charge in [0.15, 0.2) is 0 Å². The Kier molecular flexibility index (Phi) is 2.45. The number of halogens is 1. The minimum Gasteiger partial charge on any atom is -0.320 e. The predicted molar refractivity (Wildman–Crippen MR) is 56.2 cm³/mol. The number of hydrogen-bond donors (Lipinski definition) is 1. The molecule has 0 saturated carbocycles. The fourth-order valence-corrected chi connectivity index (χ4v) is 1.17. The lowest BCUT2D eigenvalue weighted by atomic mass is 10.6. The zero-order valence-electron chi connectivity index (χ0n) is 7.48. The summed E-state index contributed by atoms with van der Waals surface area (Å²) in [6.45, 7) is 0. The van der Waals surface area contributed by atoms with Gasteiger partial charge in [-0.2, -0.15) is 0 Å². The van der Waals surface area contributed by atoms with E-state index < -0.39 is 0 Å². The summed E-state index contributed by atoms with van der Waals surface area (Å²) in [4.78, 5) is 12.1. The average Bonchev–Trinajstić information content (AvgIpc) is 2.56. The maximum atomic E-state index is 4.08. The van der Waals surface area contributed by atoms with Gasteiger partial charge in [0.05, 0.1) is 17.0 Å². The van der Waals surface area contributed by atoms with Crippen molar-refractivity contribution in [1.82, 2.24) is 19.5 Å². The van der Waals surface area contributed by atoms with Crippen molar-refractivity contribution in [2.24, 2.45) is 7.05 Å². The van der Waals surface area contributed by atoms with Crippen molar-refractivity contribution in [2.45, 2.75) is 0 Å². The highest BCUT2D eigenvalue weighted by Crippen LogP contribution is 2.12. The van der Waals surface area contributed by atoms with Gasteiger partial charge >= 0.3 is 0 Å². The number of aryl methyl sites for hydroxylation is 1. The highest BCUT2D eigenvalue weighted by molar-refractivity contribution is 9.10. The summed E-state index contributed by atoms with van der Waals surface area (Å²) in [7, 11) is 1.90. The monoisotopic (exact) mass is 253 g/mol. The van der Waals surface area contributed by atoms with Crippen LogP contribution in [0.2, 0.25) is 0 Å². The standard InChI is InChI=1S/C8H8BrN5/c1-14-5-10-4-7(14)13-8-11-2-6(9)3-12-8/h2-5H,1H3,(H,11,12,13). The van der Waals surface area contributed by atoms with Crippen LogP contribution in [0.25, 0.3) is 0 Å². The molecule has 2 heterocycles. The normalized spacial score (nSPS) is 10.1. The largest absolute Gasteiger partial charge is 0.320 e. The van der Waals surface area contributed by atoms with Crippen LogP contribution in [-0.4, -0.2) is 19.5 Å². The summed E-state index contributed by atoms with van der Waals surface area (Å²) in [5, 5.41) is 3.04. The molecular weight excluding hydrogens is 246 g/mol. The zero-order valence-corrected chi connectivity index (χ0v) is 9.06. The summed E-state index contributed by atoms with van der Waals surface area (Å²) < 4.78 is 2.71. The van der Waals surface area contributed by atoms with E-state index >= 15 is 0 Å². The second-order valence-corrected chi connectivity index (χ2v) is 3.66. The van der Waals surface area contributed by atoms with Crippen LogP contribution in [0.5, 0.6) is 0 Å². The van der Waals surface area contributed by atoms with Crippen LogP contribution >= 0.6 is 15.9 Å². The molecule has 2 aromatic rings. The maximum absolute atomic E-state index is 4.08. The second-order valence-electron chi connectivity index (χ2n) is 2.74. The van der Waals surface area contributed by atoms with Crippen molar-refractivity contribution in [3.8, 4) is 0 Å². The van der Waals surface area contributed by atoms with Gasteiger partial charge in [-0.05, 0) is 15.9 Å². The first-order valence-corrected chi connectivity index (χ1v) is 4.76. The highest BCUT2D eigenvalue weighted by Gasteiger charge is 2.00. The molecule has 2 aromatic heterocycles. The molecule has 0 saturated heterocycles. The van der Waals surface area contributed by atoms with Gasteiger partial charge < -0.3 is 9.88 Å². The van der Waals surface area contributed by atoms with Crippen molar-refractivity contribution in [3.63, 3.8) is 0 Å². The smallest absolute Gasteiger partial charge is 0.228 e. The molecule has 72 valence electrons. The van der Waals surface area contributed by atoms with Gasteiger partial charge in [0, 0.05) is 19.4 Å². The predicted octanol–water partition coefficient (Wildman–Crippen LogP) is 1.72. The molecule has 0 spiro atoms. The van der Waals surface area contributed by atoms with E-state index in [0.29, 0.717) is 5.95 Å². The Morgan fingerprint density at radius 1 is 1.29 bits per heavy atom. The first-order valence-electron chi connectivity index (χ1n) is 3.96. The summed E-state index contributed by atoms with van der Waals surface area (Å²) in [6.07, 6.45) is 6.80. The highest BCUT2D eigenvalue weighted by atomic mass is 79.9. The van der Waals surface area contributed by atoms with Crippen molar-refractivity contribution in [2.75, 3.05) is 5.32 Å². The Balaban J connectivity index is 2.19. The summed E-state index contributed by atoms with van der Waals surface area (Å²) in [5.41, 5.74) is 0. The molecule has 0 amide bonds. The lowest BCUT2D eigenvalue weighted by Crippen LogP contribution is -2.00. The van der Waals surface area contributed by atoms with Crippen LogP contribution in [0.1, 0.15) is 0 Å². The molecule has 0 bridgehead atoms. The quantitative estimate of drug-likeness (QED) is 0.886. The van der Waals surface area contributed by atoms with Gasteiger partial charge in [-0.1, -0.05) is 0 Å². The molecule has 6 heteroatoms. The van der Waals surface area contributed by atoms with Gasteiger partial charge in [-0.15, -0.1) is 0 Å². The Morgan fingerprint density at radius 2 is 2.00 bits per heavy atom. The van der Waals surface area contributed by atoms with E-state index in [1.165, 1.54) is 0 Å². The maximum Gasteiger partial charge on any atom is 0.228 e. The number of aromatic nitrogens is 4. The molecule has 0 aliphatic carbocycles. The Bertz CT molecular complexity index is 422. The molecule has 0 unspecified atom stereocenters. The molecule has 0 fully saturated rings. The van der Waals surface area contributed by atoms with Gasteiger partial charge in [0.2, 0.25) is 5.95 Å². The molecule has 14 heavy (non-hydrogen) atoms. The van der Waals surface area contributed by atoms with E-state index in [2.05, 4.69) is 36.2 Å². The third kappa shape index (κ3) is 1.90. The van der Waals surface area contributed by atoms with Gasteiger partial charge in [0.1, 0.15) is 5.82 Å². The zero-order chi connectivity index (χ0) is 9.97. The van der Waals surface area contributed by atoms with E-state index in [-0.39, 0.29) is 0 Å². The average molecular weight is 254 g/mol. The Hall–Kier alpha value is -1.43. The molecule has 5 nitrogen and oxygen atoms in total. The third-order valence-electron chi connectivity index (χ3n) is 1.68. The molecule has 0 aliphatic heterocycles. The lowest BCUT2D eigenvalue weighted by molar-refractivity contribution is 0.916. The van der Waals surface area contributed by atoms with Crippen molar-refractivity contribution < 1.29 is 0 Å². The number of hydrogen-bond acceptors (Lipinski definition) is 4. The minimum absolute atomic E-state index is 0.553. The van der Waals surface area contributed by atoms with Gasteiger partial charge in [-0.25, -0.2) is 15.0 Å². The van der Waals surface area contributed by atoms with Crippen LogP contribution in [0.3, 0.4) is 0 Å². The van der Waals surface area contributed by atoms with Crippen molar-refractivity contribution in [1.29, 1.82) is 0 Å².